The molecule has 0 spiro atoms. The Morgan fingerprint density at radius 3 is 2.44 bits per heavy atom. The van der Waals surface area contributed by atoms with E-state index in [0.717, 1.165) is 12.8 Å². The van der Waals surface area contributed by atoms with E-state index < -0.39 is 24.0 Å². The van der Waals surface area contributed by atoms with Gasteiger partial charge in [0, 0.05) is 6.54 Å². The third kappa shape index (κ3) is 6.97. The summed E-state index contributed by atoms with van der Waals surface area (Å²) >= 11 is 1.59. The van der Waals surface area contributed by atoms with Crippen LogP contribution in [-0.4, -0.2) is 77.1 Å². The van der Waals surface area contributed by atoms with Crippen LogP contribution in [0.2, 0.25) is 0 Å². The third-order valence-corrected chi connectivity index (χ3v) is 5.51. The van der Waals surface area contributed by atoms with Crippen molar-refractivity contribution in [3.05, 3.63) is 0 Å². The molecule has 0 aromatic rings. The largest absolute Gasteiger partial charge is 0.394 e. The summed E-state index contributed by atoms with van der Waals surface area (Å²) in [6.07, 6.45) is 4.04. The number of rotatable bonds is 10. The van der Waals surface area contributed by atoms with Gasteiger partial charge >= 0.3 is 0 Å². The highest BCUT2D eigenvalue weighted by molar-refractivity contribution is 7.98. The van der Waals surface area contributed by atoms with Gasteiger partial charge in [0.2, 0.25) is 17.7 Å². The molecular formula is C18H34N4O4S. The molecule has 27 heavy (non-hydrogen) atoms. The van der Waals surface area contributed by atoms with E-state index in [2.05, 4.69) is 10.6 Å². The molecule has 1 rings (SSSR count). The Morgan fingerprint density at radius 2 is 1.89 bits per heavy atom. The summed E-state index contributed by atoms with van der Waals surface area (Å²) in [4.78, 5) is 39.1. The maximum Gasteiger partial charge on any atom is 0.245 e. The van der Waals surface area contributed by atoms with Gasteiger partial charge in [0.1, 0.15) is 12.1 Å². The van der Waals surface area contributed by atoms with Crippen LogP contribution in [0.15, 0.2) is 0 Å². The molecule has 156 valence electrons. The molecule has 0 aromatic carbocycles. The van der Waals surface area contributed by atoms with E-state index in [9.17, 15) is 19.5 Å². The van der Waals surface area contributed by atoms with Crippen LogP contribution < -0.4 is 16.4 Å². The highest BCUT2D eigenvalue weighted by atomic mass is 32.2. The molecule has 0 aromatic heterocycles. The van der Waals surface area contributed by atoms with E-state index >= 15 is 0 Å². The first kappa shape index (κ1) is 23.7. The van der Waals surface area contributed by atoms with Gasteiger partial charge in [0.15, 0.2) is 0 Å². The number of nitrogens with one attached hydrogen (secondary N) is 2. The quantitative estimate of drug-likeness (QED) is 0.397. The highest BCUT2D eigenvalue weighted by Crippen LogP contribution is 2.19. The minimum absolute atomic E-state index is 0.0400. The SMILES string of the molecule is CSCC[C@H](NC(=O)[C@H](C)NC(=O)[C@@H](N)C(C)C)C(=O)N1CCC[C@H]1CO. The Kier molecular flexibility index (Phi) is 10.1. The van der Waals surface area contributed by atoms with Crippen LogP contribution in [0.5, 0.6) is 0 Å². The molecule has 1 fully saturated rings. The molecule has 5 N–H and O–H groups in total. The molecule has 1 heterocycles. The number of hydrogen-bond donors (Lipinski definition) is 4. The Labute approximate surface area is 166 Å². The van der Waals surface area contributed by atoms with Crippen molar-refractivity contribution in [3.8, 4) is 0 Å². The van der Waals surface area contributed by atoms with Gasteiger partial charge in [-0.2, -0.15) is 11.8 Å². The van der Waals surface area contributed by atoms with Gasteiger partial charge in [-0.05, 0) is 44.1 Å². The lowest BCUT2D eigenvalue weighted by molar-refractivity contribution is -0.138. The van der Waals surface area contributed by atoms with Crippen molar-refractivity contribution in [2.24, 2.45) is 11.7 Å². The van der Waals surface area contributed by atoms with Gasteiger partial charge in [-0.15, -0.1) is 0 Å². The lowest BCUT2D eigenvalue weighted by Gasteiger charge is -2.29. The van der Waals surface area contributed by atoms with Crippen molar-refractivity contribution in [2.45, 2.75) is 64.2 Å². The van der Waals surface area contributed by atoms with Crippen LogP contribution in [0.25, 0.3) is 0 Å². The zero-order valence-corrected chi connectivity index (χ0v) is 17.6. The Morgan fingerprint density at radius 1 is 1.22 bits per heavy atom. The molecule has 1 saturated heterocycles. The van der Waals surface area contributed by atoms with Crippen molar-refractivity contribution in [2.75, 3.05) is 25.2 Å². The summed E-state index contributed by atoms with van der Waals surface area (Å²) in [6, 6.07) is -2.34. The average Bonchev–Trinajstić information content (AvgIpc) is 3.11. The second-order valence-electron chi connectivity index (χ2n) is 7.35. The van der Waals surface area contributed by atoms with Crippen LogP contribution in [-0.2, 0) is 14.4 Å². The summed E-state index contributed by atoms with van der Waals surface area (Å²) in [5.41, 5.74) is 5.81. The monoisotopic (exact) mass is 402 g/mol. The number of carbonyl (C=O) groups is 3. The van der Waals surface area contributed by atoms with E-state index in [4.69, 9.17) is 5.73 Å². The van der Waals surface area contributed by atoms with E-state index in [-0.39, 0.29) is 30.4 Å². The Hall–Kier alpha value is -1.32. The molecule has 4 atom stereocenters. The van der Waals surface area contributed by atoms with Crippen molar-refractivity contribution in [1.29, 1.82) is 0 Å². The minimum Gasteiger partial charge on any atom is -0.394 e. The Bertz CT molecular complexity index is 518. The molecule has 1 aliphatic rings. The molecule has 9 heteroatoms. The first-order chi connectivity index (χ1) is 12.7. The fourth-order valence-electron chi connectivity index (χ4n) is 2.98. The molecule has 0 unspecified atom stereocenters. The fourth-order valence-corrected chi connectivity index (χ4v) is 3.45. The summed E-state index contributed by atoms with van der Waals surface area (Å²) in [5, 5.41) is 14.8. The van der Waals surface area contributed by atoms with Crippen molar-refractivity contribution in [1.82, 2.24) is 15.5 Å². The number of aliphatic hydroxyl groups excluding tert-OH is 1. The van der Waals surface area contributed by atoms with E-state index in [1.807, 2.05) is 20.1 Å². The minimum atomic E-state index is -0.793. The Balaban J connectivity index is 2.73. The van der Waals surface area contributed by atoms with Crippen LogP contribution in [0.1, 0.15) is 40.0 Å². The predicted molar refractivity (Wildman–Crippen MR) is 107 cm³/mol. The zero-order chi connectivity index (χ0) is 20.6. The number of likely N-dealkylation sites (tertiary alicyclic amines) is 1. The second kappa shape index (κ2) is 11.5. The number of carbonyl (C=O) groups excluding carboxylic acids is 3. The average molecular weight is 403 g/mol. The first-order valence-electron chi connectivity index (χ1n) is 9.49. The van der Waals surface area contributed by atoms with Gasteiger partial charge in [0.05, 0.1) is 18.7 Å². The predicted octanol–water partition coefficient (Wildman–Crippen LogP) is -0.304. The number of aliphatic hydroxyl groups is 1. The fraction of sp³-hybridized carbons (Fsp3) is 0.833. The standard InChI is InChI=1S/C18H34N4O4S/c1-11(2)15(19)17(25)20-12(3)16(24)21-14(7-9-27-4)18(26)22-8-5-6-13(22)10-23/h11-15,23H,5-10,19H2,1-4H3,(H,20,25)(H,21,24)/t12-,13-,14-,15-/m0/s1. The lowest BCUT2D eigenvalue weighted by atomic mass is 10.0. The van der Waals surface area contributed by atoms with Gasteiger partial charge in [-0.3, -0.25) is 14.4 Å². The maximum atomic E-state index is 12.9. The van der Waals surface area contributed by atoms with E-state index in [1.165, 1.54) is 0 Å². The topological polar surface area (TPSA) is 125 Å². The molecule has 0 radical (unpaired) electrons. The van der Waals surface area contributed by atoms with Crippen LogP contribution in [0, 0.1) is 5.92 Å². The number of amides is 3. The van der Waals surface area contributed by atoms with Gasteiger partial charge in [0.25, 0.3) is 0 Å². The summed E-state index contributed by atoms with van der Waals surface area (Å²) < 4.78 is 0. The van der Waals surface area contributed by atoms with Crippen molar-refractivity contribution < 1.29 is 19.5 Å². The molecule has 3 amide bonds. The van der Waals surface area contributed by atoms with Crippen molar-refractivity contribution >= 4 is 29.5 Å². The zero-order valence-electron chi connectivity index (χ0n) is 16.7. The van der Waals surface area contributed by atoms with Gasteiger partial charge in [-0.1, -0.05) is 13.8 Å². The molecule has 0 saturated carbocycles. The molecular weight excluding hydrogens is 368 g/mol. The van der Waals surface area contributed by atoms with Gasteiger partial charge < -0.3 is 26.4 Å². The third-order valence-electron chi connectivity index (χ3n) is 4.87. The number of nitrogens with zero attached hydrogens (tertiary/aromatic N) is 1. The van der Waals surface area contributed by atoms with Gasteiger partial charge in [-0.25, -0.2) is 0 Å². The summed E-state index contributed by atoms with van der Waals surface area (Å²) in [7, 11) is 0. The maximum absolute atomic E-state index is 12.9. The smallest absolute Gasteiger partial charge is 0.245 e. The molecule has 0 aliphatic carbocycles. The number of thioether (sulfide) groups is 1. The molecule has 0 bridgehead atoms. The second-order valence-corrected chi connectivity index (χ2v) is 8.34. The van der Waals surface area contributed by atoms with Crippen LogP contribution in [0.4, 0.5) is 0 Å². The molecule has 8 nitrogen and oxygen atoms in total. The summed E-state index contributed by atoms with van der Waals surface area (Å²) in [5.74, 6) is -0.307. The molecule has 1 aliphatic heterocycles. The van der Waals surface area contributed by atoms with Crippen molar-refractivity contribution in [3.63, 3.8) is 0 Å². The normalized spacial score (nSPS) is 20.3. The van der Waals surface area contributed by atoms with Crippen LogP contribution >= 0.6 is 11.8 Å². The van der Waals surface area contributed by atoms with E-state index in [0.29, 0.717) is 18.7 Å². The van der Waals surface area contributed by atoms with E-state index in [1.54, 1.807) is 23.6 Å². The van der Waals surface area contributed by atoms with Crippen LogP contribution in [0.3, 0.4) is 0 Å². The number of hydrogen-bond acceptors (Lipinski definition) is 6. The lowest BCUT2D eigenvalue weighted by Crippen LogP contribution is -2.56. The summed E-state index contributed by atoms with van der Waals surface area (Å²) in [6.45, 7) is 5.75. The first-order valence-corrected chi connectivity index (χ1v) is 10.9. The number of nitrogens with two attached hydrogens (primary N) is 1. The highest BCUT2D eigenvalue weighted by Gasteiger charge is 2.34.